The fourth-order valence-electron chi connectivity index (χ4n) is 4.12. The predicted molar refractivity (Wildman–Crippen MR) is 116 cm³/mol. The molecule has 2 aromatic rings. The molecule has 0 spiro atoms. The van der Waals surface area contributed by atoms with Crippen molar-refractivity contribution in [2.75, 3.05) is 18.4 Å². The number of hydrogen-bond acceptors (Lipinski definition) is 5. The van der Waals surface area contributed by atoms with Crippen LogP contribution in [0.4, 0.5) is 11.4 Å². The molecule has 0 aliphatic carbocycles. The second kappa shape index (κ2) is 6.99. The number of aliphatic imine (C=N–C) groups is 1. The van der Waals surface area contributed by atoms with E-state index >= 15 is 0 Å². The van der Waals surface area contributed by atoms with Gasteiger partial charge in [-0.15, -0.1) is 21.1 Å². The number of anilines is 1. The van der Waals surface area contributed by atoms with E-state index in [1.165, 1.54) is 4.88 Å². The summed E-state index contributed by atoms with van der Waals surface area (Å²) in [4.78, 5) is 20.5. The highest BCUT2D eigenvalue weighted by Gasteiger charge is 2.47. The van der Waals surface area contributed by atoms with E-state index in [2.05, 4.69) is 22.6 Å². The minimum absolute atomic E-state index is 0.0869. The molecule has 0 bridgehead atoms. The molecule has 3 aliphatic rings. The van der Waals surface area contributed by atoms with Gasteiger partial charge in [0.2, 0.25) is 0 Å². The number of carbonyl (C=O) groups is 1. The minimum atomic E-state index is -0.200. The van der Waals surface area contributed by atoms with E-state index in [4.69, 9.17) is 0 Å². The van der Waals surface area contributed by atoms with Gasteiger partial charge >= 0.3 is 6.19 Å². The van der Waals surface area contributed by atoms with E-state index in [1.807, 2.05) is 46.7 Å². The van der Waals surface area contributed by atoms with Crippen LogP contribution in [0.3, 0.4) is 0 Å². The smallest absolute Gasteiger partial charge is 0.326 e. The summed E-state index contributed by atoms with van der Waals surface area (Å²) >= 11 is 1.69. The van der Waals surface area contributed by atoms with Gasteiger partial charge in [0.05, 0.1) is 5.69 Å². The van der Waals surface area contributed by atoms with E-state index in [9.17, 15) is 10.1 Å². The summed E-state index contributed by atoms with van der Waals surface area (Å²) in [7, 11) is 0. The van der Waals surface area contributed by atoms with Crippen LogP contribution in [0.5, 0.6) is 0 Å². The van der Waals surface area contributed by atoms with Gasteiger partial charge in [0.1, 0.15) is 0 Å². The van der Waals surface area contributed by atoms with Gasteiger partial charge < -0.3 is 10.2 Å². The third-order valence-corrected chi connectivity index (χ3v) is 6.42. The van der Waals surface area contributed by atoms with Gasteiger partial charge in [-0.25, -0.2) is 0 Å². The number of hydrogen-bond donors (Lipinski definition) is 1. The molecule has 5 rings (SSSR count). The number of amidine groups is 1. The van der Waals surface area contributed by atoms with Gasteiger partial charge in [-0.05, 0) is 42.5 Å². The average molecular weight is 403 g/mol. The van der Waals surface area contributed by atoms with Crippen molar-refractivity contribution in [1.82, 2.24) is 9.38 Å². The molecule has 1 N–H and O–H groups in total. The fourth-order valence-corrected chi connectivity index (χ4v) is 4.77. The maximum absolute atomic E-state index is 12.9. The summed E-state index contributed by atoms with van der Waals surface area (Å²) in [6.45, 7) is 2.19. The second-order valence-corrected chi connectivity index (χ2v) is 8.35. The lowest BCUT2D eigenvalue weighted by atomic mass is 10.0. The Morgan fingerprint density at radius 2 is 2.10 bits per heavy atom. The molecule has 1 atom stereocenters. The van der Waals surface area contributed by atoms with Crippen molar-refractivity contribution in [2.24, 2.45) is 4.99 Å². The molecule has 3 aliphatic heterocycles. The van der Waals surface area contributed by atoms with Crippen LogP contribution in [0.15, 0.2) is 58.7 Å². The Morgan fingerprint density at radius 3 is 2.86 bits per heavy atom. The van der Waals surface area contributed by atoms with Gasteiger partial charge in [0, 0.05) is 36.2 Å². The van der Waals surface area contributed by atoms with Crippen molar-refractivity contribution in [2.45, 2.75) is 19.4 Å². The number of thiophene rings is 1. The lowest BCUT2D eigenvalue weighted by Crippen LogP contribution is -2.44. The summed E-state index contributed by atoms with van der Waals surface area (Å²) in [6, 6.07) is 10.1. The van der Waals surface area contributed by atoms with Crippen LogP contribution in [-0.2, 0) is 11.3 Å². The molecule has 1 unspecified atom stereocenters. The molecule has 1 amide bonds. The number of fused-ring (bicyclic) bond motifs is 3. The Bertz CT molecular complexity index is 1100. The molecule has 6 nitrogen and oxygen atoms in total. The molecule has 1 aromatic heterocycles. The Hall–Kier alpha value is -3.21. The fraction of sp³-hybridized carbons (Fsp3) is 0.227. The number of nitrogens with one attached hydrogen (secondary N) is 1. The van der Waals surface area contributed by atoms with Crippen LogP contribution < -0.4 is 9.80 Å². The SMILES string of the molecule is N#C[N+]12C=C(C(=O)N3CCCC3)N=C1C=Cc1cccc(NCc3cccs3)c12. The van der Waals surface area contributed by atoms with E-state index in [-0.39, 0.29) is 10.4 Å². The summed E-state index contributed by atoms with van der Waals surface area (Å²) in [5.41, 5.74) is 3.00. The number of nitrogens with zero attached hydrogens (tertiary/aromatic N) is 4. The van der Waals surface area contributed by atoms with Crippen molar-refractivity contribution < 1.29 is 4.79 Å². The number of amides is 1. The van der Waals surface area contributed by atoms with Gasteiger partial charge in [-0.2, -0.15) is 4.99 Å². The van der Waals surface area contributed by atoms with Crippen LogP contribution in [-0.4, -0.2) is 29.7 Å². The number of quaternary nitrogens is 1. The van der Waals surface area contributed by atoms with Gasteiger partial charge in [0.15, 0.2) is 17.6 Å². The molecule has 0 radical (unpaired) electrons. The second-order valence-electron chi connectivity index (χ2n) is 7.32. The number of para-hydroxylation sites is 1. The van der Waals surface area contributed by atoms with Crippen molar-refractivity contribution in [3.8, 4) is 6.19 Å². The summed E-state index contributed by atoms with van der Waals surface area (Å²) in [5.74, 6) is 0.476. The van der Waals surface area contributed by atoms with Crippen LogP contribution in [0.2, 0.25) is 0 Å². The third kappa shape index (κ3) is 2.89. The van der Waals surface area contributed by atoms with Gasteiger partial charge in [0.25, 0.3) is 11.7 Å². The number of nitriles is 1. The third-order valence-electron chi connectivity index (χ3n) is 5.55. The van der Waals surface area contributed by atoms with E-state index in [1.54, 1.807) is 17.5 Å². The summed E-state index contributed by atoms with van der Waals surface area (Å²) in [5, 5.41) is 15.8. The molecule has 7 heteroatoms. The lowest BCUT2D eigenvalue weighted by Gasteiger charge is -2.27. The molecule has 1 aromatic carbocycles. The van der Waals surface area contributed by atoms with Crippen LogP contribution in [0.1, 0.15) is 23.3 Å². The zero-order valence-electron chi connectivity index (χ0n) is 15.8. The highest BCUT2D eigenvalue weighted by Crippen LogP contribution is 2.43. The Morgan fingerprint density at radius 1 is 1.24 bits per heavy atom. The van der Waals surface area contributed by atoms with Crippen molar-refractivity contribution >= 4 is 40.5 Å². The number of benzene rings is 1. The number of likely N-dealkylation sites (tertiary alicyclic amines) is 1. The Balaban J connectivity index is 1.56. The van der Waals surface area contributed by atoms with E-state index in [0.717, 1.165) is 42.9 Å². The van der Waals surface area contributed by atoms with E-state index in [0.29, 0.717) is 18.1 Å². The van der Waals surface area contributed by atoms with Crippen molar-refractivity contribution in [3.63, 3.8) is 0 Å². The maximum atomic E-state index is 12.9. The standard InChI is InChI=1S/C22H20N5OS/c23-15-27-14-19(22(28)26-10-1-2-11-26)25-20(27)9-8-16-5-3-7-18(21(16)27)24-13-17-6-4-12-29-17/h3-9,12,14,24H,1-2,10-11,13H2/q+1. The first-order valence-corrected chi connectivity index (χ1v) is 10.6. The molecule has 1 fully saturated rings. The minimum Gasteiger partial charge on any atom is -0.375 e. The molecular formula is C22H20N5OS+. The van der Waals surface area contributed by atoms with Gasteiger partial charge in [-0.3, -0.25) is 4.79 Å². The van der Waals surface area contributed by atoms with Gasteiger partial charge in [-0.1, -0.05) is 12.1 Å². The summed E-state index contributed by atoms with van der Waals surface area (Å²) < 4.78 is -0.200. The summed E-state index contributed by atoms with van der Waals surface area (Å²) in [6.07, 6.45) is 9.97. The largest absolute Gasteiger partial charge is 0.375 e. The number of rotatable bonds is 4. The molecular weight excluding hydrogens is 382 g/mol. The van der Waals surface area contributed by atoms with Crippen LogP contribution in [0, 0.1) is 11.5 Å². The maximum Gasteiger partial charge on any atom is 0.326 e. The highest BCUT2D eigenvalue weighted by molar-refractivity contribution is 7.09. The quantitative estimate of drug-likeness (QED) is 0.620. The first kappa shape index (κ1) is 17.9. The van der Waals surface area contributed by atoms with Crippen LogP contribution in [0.25, 0.3) is 6.08 Å². The highest BCUT2D eigenvalue weighted by atomic mass is 32.1. The molecule has 0 saturated carbocycles. The zero-order valence-corrected chi connectivity index (χ0v) is 16.7. The Kier molecular flexibility index (Phi) is 4.31. The van der Waals surface area contributed by atoms with Crippen molar-refractivity contribution in [1.29, 1.82) is 5.26 Å². The topological polar surface area (TPSA) is 68.5 Å². The zero-order chi connectivity index (χ0) is 19.8. The van der Waals surface area contributed by atoms with Crippen molar-refractivity contribution in [3.05, 3.63) is 64.1 Å². The monoisotopic (exact) mass is 402 g/mol. The molecule has 1 saturated heterocycles. The predicted octanol–water partition coefficient (Wildman–Crippen LogP) is 4.05. The molecule has 4 heterocycles. The normalized spacial score (nSPS) is 21.8. The number of carbonyl (C=O) groups excluding carboxylic acids is 1. The Labute approximate surface area is 173 Å². The molecule has 29 heavy (non-hydrogen) atoms. The first-order valence-electron chi connectivity index (χ1n) is 9.71. The van der Waals surface area contributed by atoms with Crippen LogP contribution >= 0.6 is 11.3 Å². The first-order chi connectivity index (χ1) is 14.2. The molecule has 144 valence electrons. The average Bonchev–Trinajstić information content (AvgIpc) is 3.52. The lowest BCUT2D eigenvalue weighted by molar-refractivity contribution is -0.126. The van der Waals surface area contributed by atoms with E-state index < -0.39 is 0 Å².